The summed E-state index contributed by atoms with van der Waals surface area (Å²) in [6.45, 7) is 2.63. The molecule has 0 saturated carbocycles. The van der Waals surface area contributed by atoms with Crippen molar-refractivity contribution < 1.29 is 9.53 Å². The van der Waals surface area contributed by atoms with E-state index in [2.05, 4.69) is 13.0 Å². The highest BCUT2D eigenvalue weighted by atomic mass is 16.5. The van der Waals surface area contributed by atoms with Gasteiger partial charge >= 0.3 is 5.97 Å². The Morgan fingerprint density at radius 2 is 2.29 bits per heavy atom. The maximum atomic E-state index is 11.4. The molecule has 1 rings (SSSR count). The Morgan fingerprint density at radius 1 is 1.43 bits per heavy atom. The maximum absolute atomic E-state index is 11.4. The van der Waals surface area contributed by atoms with Crippen LogP contribution in [0.3, 0.4) is 0 Å². The second-order valence-electron chi connectivity index (χ2n) is 3.12. The van der Waals surface area contributed by atoms with Gasteiger partial charge in [-0.05, 0) is 18.6 Å². The fraction of sp³-hybridized carbons (Fsp3) is 0.417. The summed E-state index contributed by atoms with van der Waals surface area (Å²) < 4.78 is 5.06. The van der Waals surface area contributed by atoms with Gasteiger partial charge in [-0.2, -0.15) is 0 Å². The topological polar surface area (TPSA) is 26.3 Å². The zero-order valence-corrected chi connectivity index (χ0v) is 8.45. The zero-order chi connectivity index (χ0) is 10.2. The first-order valence-corrected chi connectivity index (χ1v) is 4.98. The van der Waals surface area contributed by atoms with Crippen LogP contribution in [0.2, 0.25) is 0 Å². The van der Waals surface area contributed by atoms with Gasteiger partial charge in [-0.25, -0.2) is 4.79 Å². The third-order valence-corrected chi connectivity index (χ3v) is 1.91. The Kier molecular flexibility index (Phi) is 4.76. The van der Waals surface area contributed by atoms with E-state index in [1.54, 1.807) is 18.2 Å². The molecule has 1 aromatic rings. The van der Waals surface area contributed by atoms with Gasteiger partial charge in [0.25, 0.3) is 0 Å². The normalized spacial score (nSPS) is 9.79. The van der Waals surface area contributed by atoms with Crippen molar-refractivity contribution >= 4 is 5.97 Å². The number of hydrogen-bond donors (Lipinski definition) is 0. The van der Waals surface area contributed by atoms with Crippen molar-refractivity contribution in [2.75, 3.05) is 6.61 Å². The van der Waals surface area contributed by atoms with E-state index in [4.69, 9.17) is 4.74 Å². The molecule has 75 valence electrons. The number of rotatable bonds is 5. The number of carbonyl (C=O) groups is 1. The molecule has 14 heavy (non-hydrogen) atoms. The summed E-state index contributed by atoms with van der Waals surface area (Å²) in [4.78, 5) is 11.4. The van der Waals surface area contributed by atoms with Crippen LogP contribution in [0.1, 0.15) is 36.5 Å². The molecule has 2 heteroatoms. The van der Waals surface area contributed by atoms with Crippen LogP contribution < -0.4 is 0 Å². The van der Waals surface area contributed by atoms with E-state index in [1.165, 1.54) is 0 Å². The summed E-state index contributed by atoms with van der Waals surface area (Å²) in [5.41, 5.74) is 0.504. The highest BCUT2D eigenvalue weighted by molar-refractivity contribution is 5.88. The predicted molar refractivity (Wildman–Crippen MR) is 55.1 cm³/mol. The van der Waals surface area contributed by atoms with Crippen LogP contribution in [0.5, 0.6) is 0 Å². The Bertz CT molecular complexity index is 267. The van der Waals surface area contributed by atoms with Crippen molar-refractivity contribution in [2.45, 2.75) is 26.2 Å². The molecule has 0 aliphatic heterocycles. The van der Waals surface area contributed by atoms with Gasteiger partial charge < -0.3 is 4.74 Å². The molecule has 0 bridgehead atoms. The SMILES string of the molecule is CCCCCOC(=O)c1[c]cccc1. The number of ether oxygens (including phenoxy) is 1. The first-order chi connectivity index (χ1) is 6.84. The molecule has 0 aromatic heterocycles. The minimum absolute atomic E-state index is 0.276. The third kappa shape index (κ3) is 3.60. The molecular formula is C12H15O2. The minimum atomic E-state index is -0.276. The highest BCUT2D eigenvalue weighted by Gasteiger charge is 2.04. The first-order valence-electron chi connectivity index (χ1n) is 4.98. The highest BCUT2D eigenvalue weighted by Crippen LogP contribution is 2.01. The van der Waals surface area contributed by atoms with Crippen molar-refractivity contribution in [3.63, 3.8) is 0 Å². The van der Waals surface area contributed by atoms with Gasteiger partial charge in [0.05, 0.1) is 12.2 Å². The molecule has 0 saturated heterocycles. The molecule has 0 fully saturated rings. The molecule has 0 atom stereocenters. The number of unbranched alkanes of at least 4 members (excludes halogenated alkanes) is 2. The molecule has 0 aliphatic rings. The summed E-state index contributed by atoms with van der Waals surface area (Å²) in [6.07, 6.45) is 3.18. The Morgan fingerprint density at radius 3 is 2.93 bits per heavy atom. The standard InChI is InChI=1S/C12H15O2/c1-2-3-7-10-14-12(13)11-8-5-4-6-9-11/h4-6,8H,2-3,7,10H2,1H3. The van der Waals surface area contributed by atoms with Crippen molar-refractivity contribution in [1.29, 1.82) is 0 Å². The molecule has 0 spiro atoms. The Hall–Kier alpha value is -1.31. The van der Waals surface area contributed by atoms with Crippen LogP contribution in [0.4, 0.5) is 0 Å². The van der Waals surface area contributed by atoms with Gasteiger partial charge in [0, 0.05) is 0 Å². The van der Waals surface area contributed by atoms with Crippen LogP contribution in [0.25, 0.3) is 0 Å². The van der Waals surface area contributed by atoms with Crippen LogP contribution in [-0.2, 0) is 4.74 Å². The molecule has 0 N–H and O–H groups in total. The van der Waals surface area contributed by atoms with Crippen molar-refractivity contribution in [3.05, 3.63) is 35.9 Å². The number of benzene rings is 1. The summed E-state index contributed by atoms with van der Waals surface area (Å²) in [6, 6.07) is 9.89. The zero-order valence-electron chi connectivity index (χ0n) is 8.45. The number of esters is 1. The fourth-order valence-electron chi connectivity index (χ4n) is 1.11. The molecule has 1 aromatic carbocycles. The monoisotopic (exact) mass is 191 g/mol. The van der Waals surface area contributed by atoms with E-state index in [0.29, 0.717) is 12.2 Å². The molecular weight excluding hydrogens is 176 g/mol. The Labute approximate surface area is 84.9 Å². The average Bonchev–Trinajstić information content (AvgIpc) is 2.25. The molecule has 1 radical (unpaired) electrons. The van der Waals surface area contributed by atoms with Crippen LogP contribution >= 0.6 is 0 Å². The van der Waals surface area contributed by atoms with E-state index < -0.39 is 0 Å². The molecule has 0 unspecified atom stereocenters. The summed E-state index contributed by atoms with van der Waals surface area (Å²) in [5, 5.41) is 0. The predicted octanol–water partition coefficient (Wildman–Crippen LogP) is 2.83. The van der Waals surface area contributed by atoms with E-state index in [-0.39, 0.29) is 5.97 Å². The van der Waals surface area contributed by atoms with Crippen LogP contribution in [0, 0.1) is 6.07 Å². The quantitative estimate of drug-likeness (QED) is 0.528. The van der Waals surface area contributed by atoms with E-state index in [9.17, 15) is 4.79 Å². The lowest BCUT2D eigenvalue weighted by atomic mass is 10.2. The fourth-order valence-corrected chi connectivity index (χ4v) is 1.11. The van der Waals surface area contributed by atoms with Gasteiger partial charge in [-0.3, -0.25) is 0 Å². The Balaban J connectivity index is 2.29. The lowest BCUT2D eigenvalue weighted by Gasteiger charge is -2.03. The van der Waals surface area contributed by atoms with E-state index >= 15 is 0 Å². The lowest BCUT2D eigenvalue weighted by Crippen LogP contribution is -2.06. The van der Waals surface area contributed by atoms with Crippen molar-refractivity contribution in [2.24, 2.45) is 0 Å². The van der Waals surface area contributed by atoms with Gasteiger partial charge in [0.15, 0.2) is 0 Å². The van der Waals surface area contributed by atoms with Crippen LogP contribution in [0.15, 0.2) is 24.3 Å². The molecule has 0 heterocycles. The molecule has 0 aliphatic carbocycles. The number of hydrogen-bond acceptors (Lipinski definition) is 2. The number of carbonyl (C=O) groups excluding carboxylic acids is 1. The maximum Gasteiger partial charge on any atom is 0.338 e. The van der Waals surface area contributed by atoms with Crippen LogP contribution in [-0.4, -0.2) is 12.6 Å². The summed E-state index contributed by atoms with van der Waals surface area (Å²) in [5.74, 6) is -0.276. The summed E-state index contributed by atoms with van der Waals surface area (Å²) in [7, 11) is 0. The summed E-state index contributed by atoms with van der Waals surface area (Å²) >= 11 is 0. The van der Waals surface area contributed by atoms with Gasteiger partial charge in [0.2, 0.25) is 0 Å². The van der Waals surface area contributed by atoms with Crippen molar-refractivity contribution in [1.82, 2.24) is 0 Å². The van der Waals surface area contributed by atoms with Gasteiger partial charge in [0.1, 0.15) is 0 Å². The molecule has 2 nitrogen and oxygen atoms in total. The second kappa shape index (κ2) is 6.19. The third-order valence-electron chi connectivity index (χ3n) is 1.91. The average molecular weight is 191 g/mol. The van der Waals surface area contributed by atoms with Gasteiger partial charge in [-0.1, -0.05) is 38.0 Å². The van der Waals surface area contributed by atoms with Crippen molar-refractivity contribution in [3.8, 4) is 0 Å². The van der Waals surface area contributed by atoms with E-state index in [0.717, 1.165) is 19.3 Å². The largest absolute Gasteiger partial charge is 0.462 e. The smallest absolute Gasteiger partial charge is 0.338 e. The van der Waals surface area contributed by atoms with E-state index in [1.807, 2.05) is 6.07 Å². The lowest BCUT2D eigenvalue weighted by molar-refractivity contribution is 0.0498. The second-order valence-corrected chi connectivity index (χ2v) is 3.12. The molecule has 0 amide bonds. The van der Waals surface area contributed by atoms with Gasteiger partial charge in [-0.15, -0.1) is 0 Å². The first kappa shape index (κ1) is 10.8. The minimum Gasteiger partial charge on any atom is -0.462 e.